The molecule has 2 aliphatic heterocycles. The largest absolute Gasteiger partial charge is 0.497 e. The summed E-state index contributed by atoms with van der Waals surface area (Å²) in [4.78, 5) is 30.1. The first-order valence-electron chi connectivity index (χ1n) is 9.58. The molecule has 0 saturated carbocycles. The molecule has 0 unspecified atom stereocenters. The van der Waals surface area contributed by atoms with Crippen LogP contribution >= 0.6 is 0 Å². The Kier molecular flexibility index (Phi) is 5.05. The third kappa shape index (κ3) is 3.26. The number of hydrogen-bond acceptors (Lipinski definition) is 5. The van der Waals surface area contributed by atoms with Gasteiger partial charge in [-0.2, -0.15) is 0 Å². The highest BCUT2D eigenvalue weighted by Crippen LogP contribution is 2.40. The highest BCUT2D eigenvalue weighted by Gasteiger charge is 2.42. The van der Waals surface area contributed by atoms with Gasteiger partial charge in [0, 0.05) is 12.6 Å². The van der Waals surface area contributed by atoms with Gasteiger partial charge in [0.2, 0.25) is 5.91 Å². The molecule has 2 aliphatic rings. The zero-order chi connectivity index (χ0) is 20.5. The average molecular weight is 396 g/mol. The third-order valence-corrected chi connectivity index (χ3v) is 5.59. The number of hydrogen-bond donors (Lipinski definition) is 0. The molecular weight excluding hydrogens is 372 g/mol. The first-order valence-corrected chi connectivity index (χ1v) is 9.58. The Morgan fingerprint density at radius 2 is 1.66 bits per heavy atom. The van der Waals surface area contributed by atoms with Crippen molar-refractivity contribution in [1.29, 1.82) is 0 Å². The summed E-state index contributed by atoms with van der Waals surface area (Å²) < 4.78 is 16.0. The van der Waals surface area contributed by atoms with Crippen molar-refractivity contribution >= 4 is 17.5 Å². The van der Waals surface area contributed by atoms with Crippen LogP contribution in [0.25, 0.3) is 0 Å². The smallest absolute Gasteiger partial charge is 0.256 e. The Morgan fingerprint density at radius 3 is 2.31 bits per heavy atom. The van der Waals surface area contributed by atoms with Gasteiger partial charge in [-0.25, -0.2) is 0 Å². The molecule has 0 aliphatic carbocycles. The number of rotatable bonds is 5. The molecule has 2 amide bonds. The van der Waals surface area contributed by atoms with Crippen LogP contribution in [0.2, 0.25) is 0 Å². The van der Waals surface area contributed by atoms with Crippen molar-refractivity contribution in [2.45, 2.75) is 25.4 Å². The molecule has 2 aromatic rings. The highest BCUT2D eigenvalue weighted by molar-refractivity contribution is 6.11. The van der Waals surface area contributed by atoms with Crippen LogP contribution in [0.4, 0.5) is 5.69 Å². The van der Waals surface area contributed by atoms with E-state index >= 15 is 0 Å². The van der Waals surface area contributed by atoms with Crippen LogP contribution in [-0.2, 0) is 11.3 Å². The number of fused-ring (bicyclic) bond motifs is 2. The lowest BCUT2D eigenvalue weighted by atomic mass is 10.1. The Morgan fingerprint density at radius 1 is 0.966 bits per heavy atom. The van der Waals surface area contributed by atoms with E-state index in [1.54, 1.807) is 29.0 Å². The molecule has 2 heterocycles. The minimum Gasteiger partial charge on any atom is -0.497 e. The molecule has 4 rings (SSSR count). The average Bonchev–Trinajstić information content (AvgIpc) is 3.23. The van der Waals surface area contributed by atoms with Crippen LogP contribution < -0.4 is 19.1 Å². The molecule has 1 fully saturated rings. The number of anilines is 1. The molecule has 0 radical (unpaired) electrons. The van der Waals surface area contributed by atoms with Gasteiger partial charge in [-0.3, -0.25) is 9.59 Å². The van der Waals surface area contributed by atoms with Gasteiger partial charge < -0.3 is 24.0 Å². The SMILES string of the molecule is COc1ccc(CN2C(=O)[C@@H]3CCCN3C(=O)c3cc(OC)c(OC)cc32)cc1. The second kappa shape index (κ2) is 7.66. The second-order valence-electron chi connectivity index (χ2n) is 7.15. The van der Waals surface area contributed by atoms with E-state index in [-0.39, 0.29) is 11.8 Å². The maximum Gasteiger partial charge on any atom is 0.256 e. The summed E-state index contributed by atoms with van der Waals surface area (Å²) >= 11 is 0. The van der Waals surface area contributed by atoms with Crippen molar-refractivity contribution in [3.05, 3.63) is 47.5 Å². The van der Waals surface area contributed by atoms with Crippen molar-refractivity contribution in [2.75, 3.05) is 32.8 Å². The van der Waals surface area contributed by atoms with Crippen molar-refractivity contribution in [2.24, 2.45) is 0 Å². The third-order valence-electron chi connectivity index (χ3n) is 5.59. The molecule has 1 saturated heterocycles. The van der Waals surface area contributed by atoms with Gasteiger partial charge in [-0.05, 0) is 36.6 Å². The summed E-state index contributed by atoms with van der Waals surface area (Å²) in [5, 5.41) is 0. The van der Waals surface area contributed by atoms with E-state index in [2.05, 4.69) is 0 Å². The number of nitrogens with zero attached hydrogens (tertiary/aromatic N) is 2. The Balaban J connectivity index is 1.82. The molecule has 0 bridgehead atoms. The first kappa shape index (κ1) is 19.1. The predicted molar refractivity (Wildman–Crippen MR) is 108 cm³/mol. The molecule has 7 heteroatoms. The fraction of sp³-hybridized carbons (Fsp3) is 0.364. The predicted octanol–water partition coefficient (Wildman–Crippen LogP) is 2.86. The minimum absolute atomic E-state index is 0.0716. The van der Waals surface area contributed by atoms with Gasteiger partial charge in [-0.15, -0.1) is 0 Å². The summed E-state index contributed by atoms with van der Waals surface area (Å²) in [5.41, 5.74) is 1.94. The monoisotopic (exact) mass is 396 g/mol. The maximum atomic E-state index is 13.5. The zero-order valence-corrected chi connectivity index (χ0v) is 16.8. The van der Waals surface area contributed by atoms with E-state index < -0.39 is 6.04 Å². The van der Waals surface area contributed by atoms with E-state index in [1.165, 1.54) is 14.2 Å². The standard InChI is InChI=1S/C22H24N2O5/c1-27-15-8-6-14(7-9-15)13-24-18-12-20(29-3)19(28-2)11-16(18)21(25)23-10-4-5-17(23)22(24)26/h6-9,11-12,17H,4-5,10,13H2,1-3H3/t17-/m0/s1. The number of amides is 2. The van der Waals surface area contributed by atoms with Gasteiger partial charge in [0.1, 0.15) is 11.8 Å². The van der Waals surface area contributed by atoms with Crippen LogP contribution in [0.3, 0.4) is 0 Å². The Labute approximate surface area is 169 Å². The molecule has 2 aromatic carbocycles. The first-order chi connectivity index (χ1) is 14.1. The van der Waals surface area contributed by atoms with E-state index in [1.807, 2.05) is 24.3 Å². The van der Waals surface area contributed by atoms with Crippen LogP contribution in [-0.4, -0.2) is 50.6 Å². The maximum absolute atomic E-state index is 13.5. The topological polar surface area (TPSA) is 68.3 Å². The number of ether oxygens (including phenoxy) is 3. The number of carbonyl (C=O) groups excluding carboxylic acids is 2. The minimum atomic E-state index is -0.440. The quantitative estimate of drug-likeness (QED) is 0.777. The van der Waals surface area contributed by atoms with Crippen LogP contribution in [0.15, 0.2) is 36.4 Å². The molecule has 29 heavy (non-hydrogen) atoms. The second-order valence-corrected chi connectivity index (χ2v) is 7.15. The Bertz CT molecular complexity index is 941. The summed E-state index contributed by atoms with van der Waals surface area (Å²) in [6.07, 6.45) is 1.49. The van der Waals surface area contributed by atoms with Gasteiger partial charge in [0.05, 0.1) is 39.1 Å². The zero-order valence-electron chi connectivity index (χ0n) is 16.8. The molecule has 7 nitrogen and oxygen atoms in total. The van der Waals surface area contributed by atoms with Crippen LogP contribution in [0.5, 0.6) is 17.2 Å². The lowest BCUT2D eigenvalue weighted by molar-refractivity contribution is -0.122. The Hall–Kier alpha value is -3.22. The van der Waals surface area contributed by atoms with Gasteiger partial charge in [0.15, 0.2) is 11.5 Å². The number of carbonyl (C=O) groups is 2. The summed E-state index contributed by atoms with van der Waals surface area (Å²) in [6, 6.07) is 10.5. The van der Waals surface area contributed by atoms with Crippen LogP contribution in [0.1, 0.15) is 28.8 Å². The number of methoxy groups -OCH3 is 3. The van der Waals surface area contributed by atoms with Crippen LogP contribution in [0, 0.1) is 0 Å². The molecule has 1 atom stereocenters. The summed E-state index contributed by atoms with van der Waals surface area (Å²) in [5.74, 6) is 1.48. The van der Waals surface area contributed by atoms with Crippen molar-refractivity contribution in [1.82, 2.24) is 4.90 Å². The summed E-state index contributed by atoms with van der Waals surface area (Å²) in [6.45, 7) is 0.933. The normalized spacial score (nSPS) is 18.2. The van der Waals surface area contributed by atoms with Gasteiger partial charge in [0.25, 0.3) is 5.91 Å². The van der Waals surface area contributed by atoms with Crippen molar-refractivity contribution in [3.8, 4) is 17.2 Å². The lowest BCUT2D eigenvalue weighted by Crippen LogP contribution is -2.44. The molecular formula is C22H24N2O5. The van der Waals surface area contributed by atoms with Gasteiger partial charge in [-0.1, -0.05) is 12.1 Å². The lowest BCUT2D eigenvalue weighted by Gasteiger charge is -2.26. The molecule has 0 spiro atoms. The van der Waals surface area contributed by atoms with Crippen molar-refractivity contribution in [3.63, 3.8) is 0 Å². The van der Waals surface area contributed by atoms with Crippen molar-refractivity contribution < 1.29 is 23.8 Å². The van der Waals surface area contributed by atoms with E-state index in [9.17, 15) is 9.59 Å². The van der Waals surface area contributed by atoms with E-state index in [4.69, 9.17) is 14.2 Å². The number of benzene rings is 2. The molecule has 0 aromatic heterocycles. The fourth-order valence-corrected chi connectivity index (χ4v) is 4.06. The molecule has 152 valence electrons. The molecule has 0 N–H and O–H groups in total. The fourth-order valence-electron chi connectivity index (χ4n) is 4.06. The van der Waals surface area contributed by atoms with E-state index in [0.717, 1.165) is 17.7 Å². The highest BCUT2D eigenvalue weighted by atomic mass is 16.5. The van der Waals surface area contributed by atoms with Gasteiger partial charge >= 0.3 is 0 Å². The summed E-state index contributed by atoms with van der Waals surface area (Å²) in [7, 11) is 4.69. The van der Waals surface area contributed by atoms with E-state index in [0.29, 0.717) is 42.3 Å².